The van der Waals surface area contributed by atoms with Gasteiger partial charge in [0.05, 0.1) is 0 Å². The Morgan fingerprint density at radius 1 is 1.11 bits per heavy atom. The molecule has 0 amide bonds. The average Bonchev–Trinajstić information content (AvgIpc) is 3.09. The SMILES string of the molecule is Cc1nccn1-c1nc(NN)nc(-n2ccnc2)n1. The maximum atomic E-state index is 5.38. The number of hydrazine groups is 1. The molecule has 0 spiro atoms. The van der Waals surface area contributed by atoms with E-state index < -0.39 is 0 Å². The molecule has 0 unspecified atom stereocenters. The summed E-state index contributed by atoms with van der Waals surface area (Å²) in [5.74, 6) is 7.27. The van der Waals surface area contributed by atoms with Crippen LogP contribution in [0, 0.1) is 6.92 Å². The molecule has 0 bridgehead atoms. The molecule has 0 aliphatic carbocycles. The van der Waals surface area contributed by atoms with Crippen LogP contribution < -0.4 is 11.3 Å². The van der Waals surface area contributed by atoms with E-state index in [9.17, 15) is 0 Å². The zero-order valence-electron chi connectivity index (χ0n) is 10.1. The minimum Gasteiger partial charge on any atom is -0.292 e. The number of nitrogen functional groups attached to an aromatic ring is 1. The van der Waals surface area contributed by atoms with Crippen LogP contribution in [0.25, 0.3) is 11.9 Å². The summed E-state index contributed by atoms with van der Waals surface area (Å²) in [6.07, 6.45) is 8.41. The smallest absolute Gasteiger partial charge is 0.243 e. The first-order chi connectivity index (χ1) is 9.28. The first-order valence-electron chi connectivity index (χ1n) is 5.49. The highest BCUT2D eigenvalue weighted by Gasteiger charge is 2.10. The van der Waals surface area contributed by atoms with E-state index in [0.717, 1.165) is 5.82 Å². The van der Waals surface area contributed by atoms with Gasteiger partial charge in [-0.25, -0.2) is 15.8 Å². The van der Waals surface area contributed by atoms with E-state index in [4.69, 9.17) is 5.84 Å². The quantitative estimate of drug-likeness (QED) is 0.495. The maximum Gasteiger partial charge on any atom is 0.243 e. The molecule has 3 rings (SSSR count). The van der Waals surface area contributed by atoms with Gasteiger partial charge in [-0.05, 0) is 6.92 Å². The van der Waals surface area contributed by atoms with Crippen LogP contribution in [0.2, 0.25) is 0 Å². The average molecular weight is 257 g/mol. The second-order valence-electron chi connectivity index (χ2n) is 3.72. The Labute approximate surface area is 108 Å². The molecule has 0 saturated carbocycles. The van der Waals surface area contributed by atoms with E-state index in [-0.39, 0.29) is 5.95 Å². The second-order valence-corrected chi connectivity index (χ2v) is 3.72. The third-order valence-electron chi connectivity index (χ3n) is 2.52. The Kier molecular flexibility index (Phi) is 2.65. The number of aromatic nitrogens is 7. The molecule has 3 aromatic heterocycles. The third kappa shape index (κ3) is 2.02. The standard InChI is InChI=1S/C10H11N9/c1-7-13-3-5-19(7)10-15-8(17-11)14-9(16-10)18-4-2-12-6-18/h2-6H,11H2,1H3,(H,14,15,16,17). The fourth-order valence-corrected chi connectivity index (χ4v) is 1.61. The van der Waals surface area contributed by atoms with Gasteiger partial charge >= 0.3 is 0 Å². The van der Waals surface area contributed by atoms with Gasteiger partial charge in [-0.2, -0.15) is 15.0 Å². The van der Waals surface area contributed by atoms with Crippen molar-refractivity contribution in [3.05, 3.63) is 36.9 Å². The van der Waals surface area contributed by atoms with E-state index in [1.165, 1.54) is 0 Å². The van der Waals surface area contributed by atoms with Gasteiger partial charge in [0.15, 0.2) is 0 Å². The molecule has 0 aromatic carbocycles. The molecule has 3 N–H and O–H groups in total. The number of nitrogens with one attached hydrogen (secondary N) is 1. The molecule has 3 aromatic rings. The Hall–Kier alpha value is -2.81. The molecule has 3 heterocycles. The Balaban J connectivity index is 2.16. The van der Waals surface area contributed by atoms with Gasteiger partial charge in [-0.15, -0.1) is 0 Å². The van der Waals surface area contributed by atoms with Crippen molar-refractivity contribution in [3.63, 3.8) is 0 Å². The topological polar surface area (TPSA) is 112 Å². The van der Waals surface area contributed by atoms with E-state index in [0.29, 0.717) is 11.9 Å². The van der Waals surface area contributed by atoms with Crippen molar-refractivity contribution in [2.24, 2.45) is 5.84 Å². The summed E-state index contributed by atoms with van der Waals surface area (Å²) in [5, 5.41) is 0. The normalized spacial score (nSPS) is 10.6. The minimum absolute atomic E-state index is 0.266. The molecule has 0 atom stereocenters. The lowest BCUT2D eigenvalue weighted by Crippen LogP contribution is -2.16. The summed E-state index contributed by atoms with van der Waals surface area (Å²) in [6, 6.07) is 0. The van der Waals surface area contributed by atoms with Crippen LogP contribution in [-0.2, 0) is 0 Å². The Morgan fingerprint density at radius 3 is 2.58 bits per heavy atom. The van der Waals surface area contributed by atoms with Crippen molar-refractivity contribution in [1.82, 2.24) is 34.1 Å². The summed E-state index contributed by atoms with van der Waals surface area (Å²) < 4.78 is 3.40. The summed E-state index contributed by atoms with van der Waals surface area (Å²) in [7, 11) is 0. The molecule has 96 valence electrons. The fourth-order valence-electron chi connectivity index (χ4n) is 1.61. The number of hydrogen-bond donors (Lipinski definition) is 2. The van der Waals surface area contributed by atoms with Gasteiger partial charge in [0.1, 0.15) is 12.2 Å². The van der Waals surface area contributed by atoms with Crippen LogP contribution in [0.3, 0.4) is 0 Å². The highest BCUT2D eigenvalue weighted by Crippen LogP contribution is 2.10. The van der Waals surface area contributed by atoms with Crippen molar-refractivity contribution in [3.8, 4) is 11.9 Å². The van der Waals surface area contributed by atoms with Gasteiger partial charge in [0.2, 0.25) is 17.8 Å². The first kappa shape index (κ1) is 11.3. The Morgan fingerprint density at radius 2 is 1.95 bits per heavy atom. The van der Waals surface area contributed by atoms with Crippen molar-refractivity contribution in [2.75, 3.05) is 5.43 Å². The summed E-state index contributed by atoms with van der Waals surface area (Å²) in [5.41, 5.74) is 2.42. The molecule has 0 aliphatic heterocycles. The molecule has 0 aliphatic rings. The lowest BCUT2D eigenvalue weighted by molar-refractivity contribution is 0.821. The van der Waals surface area contributed by atoms with E-state index in [1.807, 2.05) is 6.92 Å². The van der Waals surface area contributed by atoms with Crippen LogP contribution >= 0.6 is 0 Å². The van der Waals surface area contributed by atoms with Crippen molar-refractivity contribution >= 4 is 5.95 Å². The summed E-state index contributed by atoms with van der Waals surface area (Å²) >= 11 is 0. The van der Waals surface area contributed by atoms with Gasteiger partial charge < -0.3 is 0 Å². The van der Waals surface area contributed by atoms with Crippen molar-refractivity contribution < 1.29 is 0 Å². The molecule has 19 heavy (non-hydrogen) atoms. The van der Waals surface area contributed by atoms with Crippen LogP contribution in [0.1, 0.15) is 5.82 Å². The van der Waals surface area contributed by atoms with Crippen LogP contribution in [-0.4, -0.2) is 34.1 Å². The number of hydrogen-bond acceptors (Lipinski definition) is 7. The Bertz CT molecular complexity index is 685. The monoisotopic (exact) mass is 257 g/mol. The van der Waals surface area contributed by atoms with Crippen LogP contribution in [0.5, 0.6) is 0 Å². The lowest BCUT2D eigenvalue weighted by Gasteiger charge is -2.08. The maximum absolute atomic E-state index is 5.38. The number of nitrogens with two attached hydrogens (primary N) is 1. The predicted molar refractivity (Wildman–Crippen MR) is 66.6 cm³/mol. The lowest BCUT2D eigenvalue weighted by atomic mass is 10.6. The number of imidazole rings is 2. The van der Waals surface area contributed by atoms with Gasteiger partial charge in [0, 0.05) is 24.8 Å². The van der Waals surface area contributed by atoms with Crippen molar-refractivity contribution in [1.29, 1.82) is 0 Å². The van der Waals surface area contributed by atoms with Crippen LogP contribution in [0.15, 0.2) is 31.1 Å². The fraction of sp³-hybridized carbons (Fsp3) is 0.100. The van der Waals surface area contributed by atoms with E-state index in [2.05, 4.69) is 30.3 Å². The largest absolute Gasteiger partial charge is 0.292 e. The van der Waals surface area contributed by atoms with E-state index in [1.54, 1.807) is 40.2 Å². The number of anilines is 1. The summed E-state index contributed by atoms with van der Waals surface area (Å²) in [6.45, 7) is 1.86. The molecule has 9 nitrogen and oxygen atoms in total. The molecular formula is C10H11N9. The minimum atomic E-state index is 0.266. The van der Waals surface area contributed by atoms with E-state index >= 15 is 0 Å². The molecule has 0 radical (unpaired) electrons. The van der Waals surface area contributed by atoms with Gasteiger partial charge in [-0.3, -0.25) is 14.6 Å². The number of nitrogens with zero attached hydrogens (tertiary/aromatic N) is 7. The second kappa shape index (κ2) is 4.46. The summed E-state index contributed by atoms with van der Waals surface area (Å²) in [4.78, 5) is 20.8. The predicted octanol–water partition coefficient (Wildman–Crippen LogP) is -0.163. The third-order valence-corrected chi connectivity index (χ3v) is 2.52. The van der Waals surface area contributed by atoms with Crippen molar-refractivity contribution in [2.45, 2.75) is 6.92 Å². The molecule has 9 heteroatoms. The molecule has 0 fully saturated rings. The highest BCUT2D eigenvalue weighted by atomic mass is 15.4. The number of rotatable bonds is 3. The first-order valence-corrected chi connectivity index (χ1v) is 5.49. The zero-order chi connectivity index (χ0) is 13.2. The van der Waals surface area contributed by atoms with Gasteiger partial charge in [0.25, 0.3) is 0 Å². The van der Waals surface area contributed by atoms with Gasteiger partial charge in [-0.1, -0.05) is 0 Å². The zero-order valence-corrected chi connectivity index (χ0v) is 10.1. The molecular weight excluding hydrogens is 246 g/mol. The van der Waals surface area contributed by atoms with Crippen LogP contribution in [0.4, 0.5) is 5.95 Å². The highest BCUT2D eigenvalue weighted by molar-refractivity contribution is 5.32. The number of aryl methyl sites for hydroxylation is 1. The molecule has 0 saturated heterocycles.